The largest absolute Gasteiger partial charge is 0.479 e. The van der Waals surface area contributed by atoms with Crippen molar-refractivity contribution in [3.8, 4) is 0 Å². The average molecular weight is 271 g/mol. The molecule has 3 rings (SSSR count). The van der Waals surface area contributed by atoms with Crippen molar-refractivity contribution in [2.45, 2.75) is 19.0 Å². The predicted octanol–water partition coefficient (Wildman–Crippen LogP) is 1.13. The molecule has 3 aromatic rings. The minimum atomic E-state index is -1.30. The lowest BCUT2D eigenvalue weighted by Gasteiger charge is -2.23. The summed E-state index contributed by atoms with van der Waals surface area (Å²) in [5.74, 6) is -1.01. The smallest absolute Gasteiger partial charge is 0.335 e. The summed E-state index contributed by atoms with van der Waals surface area (Å²) in [7, 11) is 0. The maximum Gasteiger partial charge on any atom is 0.335 e. The lowest BCUT2D eigenvalue weighted by atomic mass is 10.0. The number of hydrogen-bond donors (Lipinski definition) is 1. The van der Waals surface area contributed by atoms with Crippen LogP contribution in [-0.2, 0) is 16.9 Å². The number of benzene rings is 1. The lowest BCUT2D eigenvalue weighted by molar-refractivity contribution is -0.148. The van der Waals surface area contributed by atoms with E-state index in [1.165, 1.54) is 4.80 Å². The third kappa shape index (κ3) is 1.93. The summed E-state index contributed by atoms with van der Waals surface area (Å²) < 4.78 is 1.56. The maximum absolute atomic E-state index is 11.7. The number of fused-ring (bicyclic) bond motifs is 1. The molecule has 0 radical (unpaired) electrons. The molecule has 1 atom stereocenters. The van der Waals surface area contributed by atoms with Gasteiger partial charge in [-0.25, -0.2) is 4.79 Å². The number of nitrogens with zero attached hydrogens (tertiary/aromatic N) is 5. The van der Waals surface area contributed by atoms with Crippen LogP contribution in [0.4, 0.5) is 0 Å². The molecule has 0 fully saturated rings. The highest BCUT2D eigenvalue weighted by molar-refractivity contribution is 5.77. The second kappa shape index (κ2) is 4.44. The maximum atomic E-state index is 11.7. The molecule has 2 heterocycles. The number of carboxylic acid groups (broad SMARTS) is 1. The van der Waals surface area contributed by atoms with E-state index in [-0.39, 0.29) is 6.54 Å². The van der Waals surface area contributed by atoms with Gasteiger partial charge >= 0.3 is 5.97 Å². The Morgan fingerprint density at radius 3 is 2.40 bits per heavy atom. The number of carbonyl (C=O) groups is 1. The van der Waals surface area contributed by atoms with E-state index >= 15 is 0 Å². The van der Waals surface area contributed by atoms with Gasteiger partial charge in [-0.1, -0.05) is 12.1 Å². The highest BCUT2D eigenvalue weighted by Crippen LogP contribution is 2.19. The Morgan fingerprint density at radius 2 is 1.90 bits per heavy atom. The molecule has 0 amide bonds. The van der Waals surface area contributed by atoms with Crippen LogP contribution in [0.1, 0.15) is 6.92 Å². The van der Waals surface area contributed by atoms with Crippen molar-refractivity contribution in [1.82, 2.24) is 24.8 Å². The zero-order valence-electron chi connectivity index (χ0n) is 10.8. The van der Waals surface area contributed by atoms with Gasteiger partial charge in [0.05, 0.1) is 6.54 Å². The van der Waals surface area contributed by atoms with Crippen LogP contribution in [0.5, 0.6) is 0 Å². The molecule has 1 aromatic carbocycles. The van der Waals surface area contributed by atoms with Crippen LogP contribution in [-0.4, -0.2) is 35.9 Å². The monoisotopic (exact) mass is 271 g/mol. The quantitative estimate of drug-likeness (QED) is 0.768. The van der Waals surface area contributed by atoms with Gasteiger partial charge in [-0.15, -0.1) is 0 Å². The van der Waals surface area contributed by atoms with E-state index in [2.05, 4.69) is 15.3 Å². The average Bonchev–Trinajstić information content (AvgIpc) is 3.06. The fourth-order valence-corrected chi connectivity index (χ4v) is 2.01. The summed E-state index contributed by atoms with van der Waals surface area (Å²) >= 11 is 0. The molecule has 0 saturated heterocycles. The van der Waals surface area contributed by atoms with Crippen LogP contribution in [0.15, 0.2) is 42.7 Å². The first kappa shape index (κ1) is 12.3. The van der Waals surface area contributed by atoms with E-state index in [1.807, 2.05) is 12.1 Å². The summed E-state index contributed by atoms with van der Waals surface area (Å²) in [4.78, 5) is 12.9. The Labute approximate surface area is 114 Å². The van der Waals surface area contributed by atoms with Gasteiger partial charge in [0.15, 0.2) is 5.54 Å². The van der Waals surface area contributed by atoms with Crippen LogP contribution in [0, 0.1) is 0 Å². The molecular formula is C13H13N5O2. The molecule has 7 heteroatoms. The Kier molecular flexibility index (Phi) is 2.74. The summed E-state index contributed by atoms with van der Waals surface area (Å²) in [5, 5.41) is 22.2. The van der Waals surface area contributed by atoms with Crippen LogP contribution >= 0.6 is 0 Å². The fourth-order valence-electron chi connectivity index (χ4n) is 2.01. The van der Waals surface area contributed by atoms with Gasteiger partial charge in [-0.3, -0.25) is 4.68 Å². The number of aliphatic carboxylic acids is 1. The Morgan fingerprint density at radius 1 is 1.25 bits per heavy atom. The summed E-state index contributed by atoms with van der Waals surface area (Å²) in [6.45, 7) is 1.73. The Hall–Kier alpha value is -2.70. The first-order valence-electron chi connectivity index (χ1n) is 6.13. The minimum absolute atomic E-state index is 0.149. The zero-order valence-corrected chi connectivity index (χ0v) is 10.8. The summed E-state index contributed by atoms with van der Waals surface area (Å²) in [6.07, 6.45) is 3.32. The molecule has 1 unspecified atom stereocenters. The third-order valence-electron chi connectivity index (χ3n) is 3.22. The van der Waals surface area contributed by atoms with Crippen LogP contribution in [0.25, 0.3) is 11.0 Å². The van der Waals surface area contributed by atoms with Crippen molar-refractivity contribution in [3.05, 3.63) is 42.7 Å². The zero-order chi connectivity index (χ0) is 14.2. The van der Waals surface area contributed by atoms with Gasteiger partial charge in [0.1, 0.15) is 11.0 Å². The van der Waals surface area contributed by atoms with E-state index in [1.54, 1.807) is 42.2 Å². The molecule has 1 N–H and O–H groups in total. The van der Waals surface area contributed by atoms with E-state index in [0.717, 1.165) is 0 Å². The lowest BCUT2D eigenvalue weighted by Crippen LogP contribution is -2.44. The van der Waals surface area contributed by atoms with Crippen molar-refractivity contribution in [3.63, 3.8) is 0 Å². The molecular weight excluding hydrogens is 258 g/mol. The molecule has 0 saturated carbocycles. The van der Waals surface area contributed by atoms with Crippen molar-refractivity contribution in [2.75, 3.05) is 0 Å². The molecule has 0 spiro atoms. The molecule has 0 bridgehead atoms. The third-order valence-corrected chi connectivity index (χ3v) is 3.22. The summed E-state index contributed by atoms with van der Waals surface area (Å²) in [5.41, 5.74) is 0.0336. The number of hydrogen-bond acceptors (Lipinski definition) is 4. The van der Waals surface area contributed by atoms with E-state index < -0.39 is 11.5 Å². The highest BCUT2D eigenvalue weighted by atomic mass is 16.4. The molecule has 7 nitrogen and oxygen atoms in total. The molecule has 2 aromatic heterocycles. The molecule has 102 valence electrons. The number of rotatable bonds is 4. The molecule has 20 heavy (non-hydrogen) atoms. The van der Waals surface area contributed by atoms with Crippen molar-refractivity contribution < 1.29 is 9.90 Å². The van der Waals surface area contributed by atoms with Gasteiger partial charge < -0.3 is 5.11 Å². The second-order valence-corrected chi connectivity index (χ2v) is 4.76. The first-order chi connectivity index (χ1) is 9.59. The number of aromatic nitrogens is 5. The highest BCUT2D eigenvalue weighted by Gasteiger charge is 2.38. The van der Waals surface area contributed by atoms with Crippen LogP contribution < -0.4 is 0 Å². The SMILES string of the molecule is CC(Cn1cccn1)(C(=O)O)n1nc2ccccc2n1. The van der Waals surface area contributed by atoms with E-state index in [0.29, 0.717) is 11.0 Å². The van der Waals surface area contributed by atoms with Crippen molar-refractivity contribution >= 4 is 17.0 Å². The predicted molar refractivity (Wildman–Crippen MR) is 71.0 cm³/mol. The van der Waals surface area contributed by atoms with Gasteiger partial charge in [0.25, 0.3) is 0 Å². The van der Waals surface area contributed by atoms with E-state index in [9.17, 15) is 9.90 Å². The van der Waals surface area contributed by atoms with Crippen LogP contribution in [0.3, 0.4) is 0 Å². The molecule has 0 aliphatic carbocycles. The van der Waals surface area contributed by atoms with Gasteiger partial charge in [0, 0.05) is 12.4 Å². The molecule has 0 aliphatic rings. The standard InChI is InChI=1S/C13H13N5O2/c1-13(12(19)20,9-17-8-4-7-14-17)18-15-10-5-2-3-6-11(10)16-18/h2-8H,9H2,1H3,(H,19,20). The Balaban J connectivity index is 2.07. The van der Waals surface area contributed by atoms with Crippen LogP contribution in [0.2, 0.25) is 0 Å². The Bertz CT molecular complexity index is 716. The van der Waals surface area contributed by atoms with E-state index in [4.69, 9.17) is 0 Å². The van der Waals surface area contributed by atoms with Gasteiger partial charge in [-0.2, -0.15) is 20.1 Å². The number of carboxylic acids is 1. The normalized spacial score (nSPS) is 14.2. The van der Waals surface area contributed by atoms with Gasteiger partial charge in [0.2, 0.25) is 0 Å². The van der Waals surface area contributed by atoms with Gasteiger partial charge in [-0.05, 0) is 25.1 Å². The van der Waals surface area contributed by atoms with Crippen molar-refractivity contribution in [1.29, 1.82) is 0 Å². The first-order valence-corrected chi connectivity index (χ1v) is 6.13. The minimum Gasteiger partial charge on any atom is -0.479 e. The fraction of sp³-hybridized carbons (Fsp3) is 0.231. The summed E-state index contributed by atoms with van der Waals surface area (Å²) in [6, 6.07) is 9.03. The molecule has 0 aliphatic heterocycles. The van der Waals surface area contributed by atoms with Crippen molar-refractivity contribution in [2.24, 2.45) is 0 Å². The second-order valence-electron chi connectivity index (χ2n) is 4.76. The topological polar surface area (TPSA) is 85.8 Å².